The molecule has 0 spiro atoms. The smallest absolute Gasteiger partial charge is 0.307 e. The highest BCUT2D eigenvalue weighted by Gasteiger charge is 2.53. The maximum Gasteiger partial charge on any atom is 0.307 e. The summed E-state index contributed by atoms with van der Waals surface area (Å²) in [6.45, 7) is 7.34. The zero-order valence-electron chi connectivity index (χ0n) is 20.4. The molecule has 4 atom stereocenters. The standard InChI is InChI=1S/C28H27BrClN3O3/c1-15-4-5-16(31-12-15)13-36-17-10-20(30)24-21(11-17)33-14-27(2)8-9-28(3,29)19-7-6-18(26(34)35)22(23(19)27)25(33)32-24/h4-5,8-12,18,22H,6-7,13-14H2,1-3H3,(H,34,35)/t18-,22-,27?,28?/m1/s1. The van der Waals surface area contributed by atoms with Crippen LogP contribution in [0.4, 0.5) is 0 Å². The highest BCUT2D eigenvalue weighted by molar-refractivity contribution is 9.10. The highest BCUT2D eigenvalue weighted by atomic mass is 79.9. The average Bonchev–Trinajstić information content (AvgIpc) is 3.20. The van der Waals surface area contributed by atoms with E-state index in [0.29, 0.717) is 35.9 Å². The lowest BCUT2D eigenvalue weighted by atomic mass is 9.59. The Hall–Kier alpha value is -2.64. The number of hydrogen-bond acceptors (Lipinski definition) is 4. The maximum atomic E-state index is 12.4. The molecule has 2 aromatic heterocycles. The fraction of sp³-hybridized carbons (Fsp3) is 0.393. The predicted octanol–water partition coefficient (Wildman–Crippen LogP) is 6.59. The van der Waals surface area contributed by atoms with Crippen molar-refractivity contribution in [2.24, 2.45) is 11.3 Å². The Morgan fingerprint density at radius 3 is 2.83 bits per heavy atom. The molecule has 2 aliphatic carbocycles. The molecule has 0 saturated heterocycles. The molecule has 36 heavy (non-hydrogen) atoms. The van der Waals surface area contributed by atoms with Crippen molar-refractivity contribution in [3.63, 3.8) is 0 Å². The van der Waals surface area contributed by atoms with E-state index in [2.05, 4.69) is 51.5 Å². The Bertz CT molecular complexity index is 1470. The minimum absolute atomic E-state index is 0.277. The van der Waals surface area contributed by atoms with Crippen molar-refractivity contribution in [3.8, 4) is 5.75 Å². The number of aromatic nitrogens is 3. The van der Waals surface area contributed by atoms with Gasteiger partial charge in [-0.3, -0.25) is 9.78 Å². The SMILES string of the molecule is Cc1ccc(COc2cc(Cl)c3nc4n(c3c2)CC2(C)C=CC(C)(Br)C3=C2[C@H]4[C@H](C(=O)O)CC3)nc1. The fourth-order valence-electron chi connectivity index (χ4n) is 6.17. The first-order chi connectivity index (χ1) is 17.1. The summed E-state index contributed by atoms with van der Waals surface area (Å²) in [7, 11) is 0. The maximum absolute atomic E-state index is 12.4. The van der Waals surface area contributed by atoms with Gasteiger partial charge in [-0.25, -0.2) is 4.98 Å². The van der Waals surface area contributed by atoms with Crippen LogP contribution in [0.25, 0.3) is 11.0 Å². The van der Waals surface area contributed by atoms with E-state index in [-0.39, 0.29) is 15.7 Å². The summed E-state index contributed by atoms with van der Waals surface area (Å²) >= 11 is 10.6. The van der Waals surface area contributed by atoms with Gasteiger partial charge in [0.05, 0.1) is 32.4 Å². The average molecular weight is 569 g/mol. The first-order valence-corrected chi connectivity index (χ1v) is 13.3. The Labute approximate surface area is 223 Å². The molecule has 6 nitrogen and oxygen atoms in total. The van der Waals surface area contributed by atoms with E-state index in [1.165, 1.54) is 11.1 Å². The summed E-state index contributed by atoms with van der Waals surface area (Å²) in [5, 5.41) is 10.7. The molecule has 2 unspecified atom stereocenters. The van der Waals surface area contributed by atoms with Crippen LogP contribution in [-0.2, 0) is 17.9 Å². The Morgan fingerprint density at radius 2 is 2.11 bits per heavy atom. The Kier molecular flexibility index (Phi) is 5.40. The molecule has 186 valence electrons. The zero-order chi connectivity index (χ0) is 25.4. The minimum Gasteiger partial charge on any atom is -0.487 e. The number of fused-ring (bicyclic) bond motifs is 4. The number of aliphatic carboxylic acids is 1. The van der Waals surface area contributed by atoms with Gasteiger partial charge in [0.2, 0.25) is 0 Å². The summed E-state index contributed by atoms with van der Waals surface area (Å²) < 4.78 is 7.95. The quantitative estimate of drug-likeness (QED) is 0.284. The van der Waals surface area contributed by atoms with Crippen LogP contribution in [0.15, 0.2) is 53.8 Å². The molecule has 3 aromatic rings. The van der Waals surface area contributed by atoms with Crippen LogP contribution >= 0.6 is 27.5 Å². The lowest BCUT2D eigenvalue weighted by Crippen LogP contribution is -2.45. The van der Waals surface area contributed by atoms with Gasteiger partial charge < -0.3 is 14.4 Å². The normalized spacial score (nSPS) is 28.7. The fourth-order valence-corrected chi connectivity index (χ4v) is 6.96. The third-order valence-corrected chi connectivity index (χ3v) is 9.00. The molecule has 0 fully saturated rings. The van der Waals surface area contributed by atoms with Gasteiger partial charge in [-0.2, -0.15) is 0 Å². The molecule has 6 rings (SSSR count). The van der Waals surface area contributed by atoms with Gasteiger partial charge in [0.15, 0.2) is 0 Å². The van der Waals surface area contributed by atoms with Crippen LogP contribution < -0.4 is 4.74 Å². The highest BCUT2D eigenvalue weighted by Crippen LogP contribution is 2.59. The van der Waals surface area contributed by atoms with Crippen molar-refractivity contribution in [1.29, 1.82) is 0 Å². The van der Waals surface area contributed by atoms with Gasteiger partial charge in [0.25, 0.3) is 0 Å². The van der Waals surface area contributed by atoms with Gasteiger partial charge in [0.1, 0.15) is 23.7 Å². The first-order valence-electron chi connectivity index (χ1n) is 12.2. The molecule has 3 heterocycles. The second-order valence-corrected chi connectivity index (χ2v) is 12.7. The van der Waals surface area contributed by atoms with Crippen molar-refractivity contribution < 1.29 is 14.6 Å². The van der Waals surface area contributed by atoms with Crippen molar-refractivity contribution in [2.45, 2.75) is 57.0 Å². The van der Waals surface area contributed by atoms with Crippen molar-refractivity contribution in [3.05, 3.63) is 75.9 Å². The second-order valence-electron chi connectivity index (χ2n) is 10.6. The van der Waals surface area contributed by atoms with Gasteiger partial charge in [-0.1, -0.05) is 52.7 Å². The third kappa shape index (κ3) is 3.62. The number of pyridine rings is 1. The predicted molar refractivity (Wildman–Crippen MR) is 143 cm³/mol. The molecule has 1 N–H and O–H groups in total. The molecule has 1 aromatic carbocycles. The molecule has 0 radical (unpaired) electrons. The van der Waals surface area contributed by atoms with Crippen molar-refractivity contribution >= 4 is 44.5 Å². The topological polar surface area (TPSA) is 77.2 Å². The first kappa shape index (κ1) is 23.7. The Morgan fingerprint density at radius 1 is 1.31 bits per heavy atom. The van der Waals surface area contributed by atoms with E-state index in [1.807, 2.05) is 31.3 Å². The number of imidazole rings is 1. The zero-order valence-corrected chi connectivity index (χ0v) is 22.7. The number of aryl methyl sites for hydroxylation is 1. The second kappa shape index (κ2) is 8.18. The van der Waals surface area contributed by atoms with E-state index >= 15 is 0 Å². The van der Waals surface area contributed by atoms with Gasteiger partial charge in [-0.05, 0) is 49.5 Å². The summed E-state index contributed by atoms with van der Waals surface area (Å²) in [6, 6.07) is 7.70. The van der Waals surface area contributed by atoms with Crippen molar-refractivity contribution in [2.75, 3.05) is 0 Å². The number of nitrogens with zero attached hydrogens (tertiary/aromatic N) is 3. The number of carboxylic acids is 1. The summed E-state index contributed by atoms with van der Waals surface area (Å²) in [6.07, 6.45) is 7.61. The number of benzene rings is 1. The molecular formula is C28H27BrClN3O3. The van der Waals surface area contributed by atoms with E-state index in [4.69, 9.17) is 21.3 Å². The van der Waals surface area contributed by atoms with E-state index in [9.17, 15) is 9.90 Å². The molecule has 8 heteroatoms. The van der Waals surface area contributed by atoms with Crippen LogP contribution in [0.5, 0.6) is 5.75 Å². The van der Waals surface area contributed by atoms with Gasteiger partial charge in [-0.15, -0.1) is 0 Å². The minimum atomic E-state index is -0.777. The van der Waals surface area contributed by atoms with Gasteiger partial charge >= 0.3 is 5.97 Å². The van der Waals surface area contributed by atoms with Crippen LogP contribution in [0, 0.1) is 18.3 Å². The summed E-state index contributed by atoms with van der Waals surface area (Å²) in [5.41, 5.74) is 5.64. The van der Waals surface area contributed by atoms with Crippen molar-refractivity contribution in [1.82, 2.24) is 14.5 Å². The van der Waals surface area contributed by atoms with Crippen LogP contribution in [0.3, 0.4) is 0 Å². The van der Waals surface area contributed by atoms with E-state index < -0.39 is 11.9 Å². The molecule has 0 amide bonds. The molecule has 0 saturated carbocycles. The van der Waals surface area contributed by atoms with Crippen LogP contribution in [0.1, 0.15) is 49.7 Å². The molecule has 0 bridgehead atoms. The van der Waals surface area contributed by atoms with E-state index in [0.717, 1.165) is 29.0 Å². The lowest BCUT2D eigenvalue weighted by molar-refractivity contribution is -0.143. The Balaban J connectivity index is 1.48. The lowest BCUT2D eigenvalue weighted by Gasteiger charge is -2.50. The number of carboxylic acid groups (broad SMARTS) is 1. The number of hydrogen-bond donors (Lipinski definition) is 1. The summed E-state index contributed by atoms with van der Waals surface area (Å²) in [5.74, 6) is -0.205. The third-order valence-electron chi connectivity index (χ3n) is 7.97. The summed E-state index contributed by atoms with van der Waals surface area (Å²) in [4.78, 5) is 21.8. The number of ether oxygens (including phenoxy) is 1. The van der Waals surface area contributed by atoms with Crippen LogP contribution in [-0.4, -0.2) is 29.9 Å². The van der Waals surface area contributed by atoms with Crippen LogP contribution in [0.2, 0.25) is 5.02 Å². The number of halogens is 2. The molecular weight excluding hydrogens is 542 g/mol. The number of allylic oxidation sites excluding steroid dienone is 4. The molecule has 1 aliphatic heterocycles. The number of rotatable bonds is 4. The van der Waals surface area contributed by atoms with E-state index in [1.54, 1.807) is 6.07 Å². The number of carbonyl (C=O) groups is 1. The molecule has 3 aliphatic rings. The largest absolute Gasteiger partial charge is 0.487 e. The number of alkyl halides is 1. The van der Waals surface area contributed by atoms with Gasteiger partial charge in [0, 0.05) is 30.3 Å². The monoisotopic (exact) mass is 567 g/mol.